The second-order valence-electron chi connectivity index (χ2n) is 4.00. The topological polar surface area (TPSA) is 82.8 Å². The van der Waals surface area contributed by atoms with Gasteiger partial charge in [-0.25, -0.2) is 4.98 Å². The van der Waals surface area contributed by atoms with Gasteiger partial charge in [0.25, 0.3) is 0 Å². The molecule has 0 spiro atoms. The summed E-state index contributed by atoms with van der Waals surface area (Å²) >= 11 is 0. The summed E-state index contributed by atoms with van der Waals surface area (Å²) in [5.41, 5.74) is 5.56. The highest BCUT2D eigenvalue weighted by molar-refractivity contribution is 5.03. The van der Waals surface area contributed by atoms with E-state index in [1.807, 2.05) is 10.8 Å². The van der Waals surface area contributed by atoms with Crippen molar-refractivity contribution in [3.05, 3.63) is 29.9 Å². The van der Waals surface area contributed by atoms with Crippen LogP contribution < -0.4 is 5.73 Å². The van der Waals surface area contributed by atoms with Crippen molar-refractivity contribution in [2.45, 2.75) is 31.8 Å². The molecule has 0 atom stereocenters. The minimum absolute atomic E-state index is 0.417. The van der Waals surface area contributed by atoms with Crippen molar-refractivity contribution in [2.24, 2.45) is 5.73 Å². The lowest BCUT2D eigenvalue weighted by Crippen LogP contribution is -2.09. The Morgan fingerprint density at radius 2 is 2.38 bits per heavy atom. The molecule has 6 heteroatoms. The molecule has 1 aliphatic rings. The predicted molar refractivity (Wildman–Crippen MR) is 55.5 cm³/mol. The van der Waals surface area contributed by atoms with Crippen LogP contribution >= 0.6 is 0 Å². The summed E-state index contributed by atoms with van der Waals surface area (Å²) in [6.07, 6.45) is 5.93. The summed E-state index contributed by atoms with van der Waals surface area (Å²) in [5, 5.41) is 3.95. The predicted octanol–water partition coefficient (Wildman–Crippen LogP) is 0.650. The van der Waals surface area contributed by atoms with Crippen molar-refractivity contribution in [1.29, 1.82) is 0 Å². The molecule has 0 unspecified atom stereocenters. The van der Waals surface area contributed by atoms with E-state index in [0.717, 1.165) is 11.7 Å². The molecule has 0 amide bonds. The van der Waals surface area contributed by atoms with Crippen molar-refractivity contribution in [3.63, 3.8) is 0 Å². The second kappa shape index (κ2) is 3.71. The molecule has 6 nitrogen and oxygen atoms in total. The van der Waals surface area contributed by atoms with Crippen LogP contribution in [0.4, 0.5) is 0 Å². The van der Waals surface area contributed by atoms with Crippen LogP contribution in [-0.2, 0) is 13.1 Å². The van der Waals surface area contributed by atoms with Crippen LogP contribution in [0.5, 0.6) is 0 Å². The van der Waals surface area contributed by atoms with E-state index in [2.05, 4.69) is 15.1 Å². The van der Waals surface area contributed by atoms with Gasteiger partial charge in [0, 0.05) is 18.3 Å². The largest absolute Gasteiger partial charge is 0.339 e. The molecule has 1 fully saturated rings. The molecule has 0 radical (unpaired) electrons. The lowest BCUT2D eigenvalue weighted by molar-refractivity contribution is 0.373. The van der Waals surface area contributed by atoms with Gasteiger partial charge in [-0.15, -0.1) is 0 Å². The number of rotatable bonds is 4. The van der Waals surface area contributed by atoms with Crippen LogP contribution in [0.15, 0.2) is 16.9 Å². The fourth-order valence-corrected chi connectivity index (χ4v) is 1.65. The zero-order valence-corrected chi connectivity index (χ0v) is 8.83. The average Bonchev–Trinajstić information content (AvgIpc) is 2.88. The number of aromatic nitrogens is 4. The van der Waals surface area contributed by atoms with Crippen LogP contribution in [0.1, 0.15) is 36.3 Å². The number of hydrogen-bond donors (Lipinski definition) is 1. The van der Waals surface area contributed by atoms with Gasteiger partial charge in [0.1, 0.15) is 5.82 Å². The minimum Gasteiger partial charge on any atom is -0.339 e. The van der Waals surface area contributed by atoms with E-state index in [1.54, 1.807) is 6.20 Å². The summed E-state index contributed by atoms with van der Waals surface area (Å²) in [6, 6.07) is 0. The quantitative estimate of drug-likeness (QED) is 0.816. The van der Waals surface area contributed by atoms with Gasteiger partial charge < -0.3 is 14.8 Å². The highest BCUT2D eigenvalue weighted by Crippen LogP contribution is 2.38. The number of nitrogens with two attached hydrogens (primary N) is 1. The molecular formula is C10H13N5O. The first kappa shape index (κ1) is 9.53. The van der Waals surface area contributed by atoms with Crippen molar-refractivity contribution in [1.82, 2.24) is 19.7 Å². The van der Waals surface area contributed by atoms with Gasteiger partial charge in [0.15, 0.2) is 5.82 Å². The first-order valence-corrected chi connectivity index (χ1v) is 5.39. The van der Waals surface area contributed by atoms with Crippen LogP contribution in [0, 0.1) is 0 Å². The van der Waals surface area contributed by atoms with Gasteiger partial charge in [-0.2, -0.15) is 4.98 Å². The number of nitrogens with zero attached hydrogens (tertiary/aromatic N) is 4. The third-order valence-corrected chi connectivity index (χ3v) is 2.71. The van der Waals surface area contributed by atoms with E-state index in [1.165, 1.54) is 12.8 Å². The summed E-state index contributed by atoms with van der Waals surface area (Å²) in [5.74, 6) is 2.79. The summed E-state index contributed by atoms with van der Waals surface area (Å²) in [7, 11) is 0. The molecule has 0 saturated heterocycles. The highest BCUT2D eigenvalue weighted by atomic mass is 16.5. The Morgan fingerprint density at radius 1 is 1.50 bits per heavy atom. The van der Waals surface area contributed by atoms with Gasteiger partial charge in [-0.05, 0) is 12.8 Å². The van der Waals surface area contributed by atoms with E-state index in [0.29, 0.717) is 24.8 Å². The third kappa shape index (κ3) is 1.71. The molecule has 2 aromatic rings. The van der Waals surface area contributed by atoms with Crippen molar-refractivity contribution in [2.75, 3.05) is 0 Å². The standard InChI is InChI=1S/C10H13N5O/c11-5-9-12-3-4-15(9)6-8-13-10(16-14-8)7-1-2-7/h3-4,7H,1-2,5-6,11H2. The Kier molecular flexibility index (Phi) is 2.21. The van der Waals surface area contributed by atoms with Gasteiger partial charge >= 0.3 is 0 Å². The van der Waals surface area contributed by atoms with Crippen LogP contribution in [-0.4, -0.2) is 19.7 Å². The molecule has 1 aliphatic carbocycles. The molecule has 16 heavy (non-hydrogen) atoms. The maximum Gasteiger partial charge on any atom is 0.229 e. The Hall–Kier alpha value is -1.69. The van der Waals surface area contributed by atoms with Crippen molar-refractivity contribution in [3.8, 4) is 0 Å². The second-order valence-corrected chi connectivity index (χ2v) is 4.00. The van der Waals surface area contributed by atoms with Crippen LogP contribution in [0.2, 0.25) is 0 Å². The smallest absolute Gasteiger partial charge is 0.229 e. The monoisotopic (exact) mass is 219 g/mol. The molecule has 2 N–H and O–H groups in total. The highest BCUT2D eigenvalue weighted by Gasteiger charge is 2.29. The fraction of sp³-hybridized carbons (Fsp3) is 0.500. The summed E-state index contributed by atoms with van der Waals surface area (Å²) in [4.78, 5) is 8.49. The lowest BCUT2D eigenvalue weighted by Gasteiger charge is -2.01. The van der Waals surface area contributed by atoms with Crippen molar-refractivity contribution < 1.29 is 4.52 Å². The normalized spacial score (nSPS) is 15.6. The fourth-order valence-electron chi connectivity index (χ4n) is 1.65. The summed E-state index contributed by atoms with van der Waals surface area (Å²) < 4.78 is 7.12. The van der Waals surface area contributed by atoms with E-state index >= 15 is 0 Å². The number of imidazole rings is 1. The molecule has 1 saturated carbocycles. The third-order valence-electron chi connectivity index (χ3n) is 2.71. The molecular weight excluding hydrogens is 206 g/mol. The van der Waals surface area contributed by atoms with E-state index in [9.17, 15) is 0 Å². The van der Waals surface area contributed by atoms with Gasteiger partial charge in [-0.1, -0.05) is 5.16 Å². The maximum atomic E-state index is 5.56. The SMILES string of the molecule is NCc1nccn1Cc1noc(C2CC2)n1. The van der Waals surface area contributed by atoms with Gasteiger partial charge in [0.05, 0.1) is 13.1 Å². The first-order chi connectivity index (χ1) is 7.86. The summed E-state index contributed by atoms with van der Waals surface area (Å²) in [6.45, 7) is 0.989. The Bertz CT molecular complexity index is 485. The zero-order chi connectivity index (χ0) is 11.0. The lowest BCUT2D eigenvalue weighted by atomic mass is 10.4. The van der Waals surface area contributed by atoms with Gasteiger partial charge in [-0.3, -0.25) is 0 Å². The molecule has 0 aromatic carbocycles. The zero-order valence-electron chi connectivity index (χ0n) is 8.83. The maximum absolute atomic E-state index is 5.56. The van der Waals surface area contributed by atoms with Crippen LogP contribution in [0.3, 0.4) is 0 Å². The number of hydrogen-bond acceptors (Lipinski definition) is 5. The molecule has 84 valence electrons. The Morgan fingerprint density at radius 3 is 3.12 bits per heavy atom. The molecule has 2 heterocycles. The van der Waals surface area contributed by atoms with Crippen molar-refractivity contribution >= 4 is 0 Å². The van der Waals surface area contributed by atoms with E-state index < -0.39 is 0 Å². The Labute approximate surface area is 92.5 Å². The minimum atomic E-state index is 0.417. The van der Waals surface area contributed by atoms with E-state index in [-0.39, 0.29) is 0 Å². The van der Waals surface area contributed by atoms with E-state index in [4.69, 9.17) is 10.3 Å². The average molecular weight is 219 g/mol. The molecule has 0 bridgehead atoms. The van der Waals surface area contributed by atoms with Crippen LogP contribution in [0.25, 0.3) is 0 Å². The molecule has 3 rings (SSSR count). The first-order valence-electron chi connectivity index (χ1n) is 5.39. The Balaban J connectivity index is 1.77. The van der Waals surface area contributed by atoms with Gasteiger partial charge in [0.2, 0.25) is 5.89 Å². The molecule has 2 aromatic heterocycles. The molecule has 0 aliphatic heterocycles.